The minimum Gasteiger partial charge on any atom is -0.487 e. The summed E-state index contributed by atoms with van der Waals surface area (Å²) < 4.78 is 18.8. The fourth-order valence-corrected chi connectivity index (χ4v) is 1.96. The Morgan fingerprint density at radius 2 is 2.29 bits per heavy atom. The molecule has 0 saturated carbocycles. The Morgan fingerprint density at radius 1 is 1.50 bits per heavy atom. The lowest BCUT2D eigenvalue weighted by Gasteiger charge is -2.13. The van der Waals surface area contributed by atoms with E-state index in [2.05, 4.69) is 5.32 Å². The van der Waals surface area contributed by atoms with Gasteiger partial charge >= 0.3 is 0 Å². The van der Waals surface area contributed by atoms with Gasteiger partial charge in [-0.2, -0.15) is 0 Å². The number of ether oxygens (including phenoxy) is 1. The Kier molecular flexibility index (Phi) is 2.42. The molecule has 0 bridgehead atoms. The van der Waals surface area contributed by atoms with Crippen molar-refractivity contribution in [3.63, 3.8) is 0 Å². The highest BCUT2D eigenvalue weighted by Crippen LogP contribution is 2.39. The highest BCUT2D eigenvalue weighted by atomic mass is 19.1. The number of likely N-dealkylation sites (N-methyl/N-ethyl adjacent to an activating group) is 1. The summed E-state index contributed by atoms with van der Waals surface area (Å²) in [5.41, 5.74) is 0.979. The molecule has 0 radical (unpaired) electrons. The van der Waals surface area contributed by atoms with E-state index < -0.39 is 0 Å². The molecule has 76 valence electrons. The van der Waals surface area contributed by atoms with E-state index in [1.54, 1.807) is 6.07 Å². The van der Waals surface area contributed by atoms with Crippen LogP contribution in [0.3, 0.4) is 0 Å². The van der Waals surface area contributed by atoms with Crippen LogP contribution in [0.4, 0.5) is 4.39 Å². The Morgan fingerprint density at radius 3 is 3.00 bits per heavy atom. The van der Waals surface area contributed by atoms with Crippen molar-refractivity contribution < 1.29 is 9.13 Å². The third-order valence-corrected chi connectivity index (χ3v) is 2.69. The fraction of sp³-hybridized carbons (Fsp3) is 0.455. The maximum atomic E-state index is 13.3. The van der Waals surface area contributed by atoms with E-state index in [9.17, 15) is 4.39 Å². The Bertz CT molecular complexity index is 340. The summed E-state index contributed by atoms with van der Waals surface area (Å²) in [6, 6.07) is 5.11. The molecular weight excluding hydrogens is 181 g/mol. The molecule has 3 heteroatoms. The predicted molar refractivity (Wildman–Crippen MR) is 53.2 cm³/mol. The van der Waals surface area contributed by atoms with Crippen molar-refractivity contribution >= 4 is 0 Å². The first-order valence-electron chi connectivity index (χ1n) is 4.83. The maximum absolute atomic E-state index is 13.3. The van der Waals surface area contributed by atoms with Crippen LogP contribution in [0.1, 0.15) is 18.4 Å². The van der Waals surface area contributed by atoms with E-state index in [0.29, 0.717) is 5.75 Å². The number of hydrogen-bond donors (Lipinski definition) is 1. The third kappa shape index (κ3) is 1.38. The van der Waals surface area contributed by atoms with E-state index in [-0.39, 0.29) is 17.8 Å². The number of rotatable bonds is 2. The molecule has 1 aromatic rings. The number of halogens is 1. The highest BCUT2D eigenvalue weighted by molar-refractivity contribution is 5.42. The summed E-state index contributed by atoms with van der Waals surface area (Å²) in [7, 11) is 1.89. The topological polar surface area (TPSA) is 21.3 Å². The van der Waals surface area contributed by atoms with Gasteiger partial charge in [0.05, 0.1) is 0 Å². The first-order valence-corrected chi connectivity index (χ1v) is 4.83. The van der Waals surface area contributed by atoms with Gasteiger partial charge in [-0.15, -0.1) is 0 Å². The van der Waals surface area contributed by atoms with Crippen LogP contribution >= 0.6 is 0 Å². The molecule has 0 amide bonds. The molecule has 2 unspecified atom stereocenters. The van der Waals surface area contributed by atoms with Crippen molar-refractivity contribution in [2.75, 3.05) is 13.6 Å². The Balaban J connectivity index is 2.37. The van der Waals surface area contributed by atoms with Crippen LogP contribution in [-0.2, 0) is 0 Å². The molecule has 2 rings (SSSR count). The van der Waals surface area contributed by atoms with Crippen LogP contribution in [0.2, 0.25) is 0 Å². The molecule has 1 heterocycles. The summed E-state index contributed by atoms with van der Waals surface area (Å²) in [6.45, 7) is 2.79. The van der Waals surface area contributed by atoms with E-state index >= 15 is 0 Å². The molecule has 2 atom stereocenters. The van der Waals surface area contributed by atoms with Gasteiger partial charge in [-0.05, 0) is 20.0 Å². The molecule has 0 saturated heterocycles. The molecule has 1 N–H and O–H groups in total. The van der Waals surface area contributed by atoms with Gasteiger partial charge in [0.15, 0.2) is 11.6 Å². The van der Waals surface area contributed by atoms with Crippen LogP contribution in [0.5, 0.6) is 5.75 Å². The standard InChI is InChI=1S/C11H14FNO/c1-7-9(6-13-2)8-4-3-5-10(12)11(8)14-7/h3-5,7,9,13H,6H2,1-2H3. The molecule has 1 aliphatic heterocycles. The van der Waals surface area contributed by atoms with Crippen molar-refractivity contribution in [3.8, 4) is 5.75 Å². The molecule has 0 spiro atoms. The second-order valence-corrected chi connectivity index (χ2v) is 3.65. The number of para-hydroxylation sites is 1. The van der Waals surface area contributed by atoms with Crippen LogP contribution in [-0.4, -0.2) is 19.7 Å². The number of nitrogens with one attached hydrogen (secondary N) is 1. The van der Waals surface area contributed by atoms with Crippen LogP contribution in [0, 0.1) is 5.82 Å². The SMILES string of the molecule is CNCC1c2cccc(F)c2OC1C. The summed E-state index contributed by atoms with van der Waals surface area (Å²) in [5, 5.41) is 3.10. The second kappa shape index (κ2) is 3.58. The number of hydrogen-bond acceptors (Lipinski definition) is 2. The molecule has 0 aliphatic carbocycles. The molecule has 2 nitrogen and oxygen atoms in total. The van der Waals surface area contributed by atoms with Gasteiger partial charge in [0, 0.05) is 18.0 Å². The van der Waals surface area contributed by atoms with Gasteiger partial charge in [0.2, 0.25) is 0 Å². The van der Waals surface area contributed by atoms with Gasteiger partial charge < -0.3 is 10.1 Å². The molecule has 0 fully saturated rings. The quantitative estimate of drug-likeness (QED) is 0.778. The van der Waals surface area contributed by atoms with Gasteiger partial charge in [0.1, 0.15) is 6.10 Å². The monoisotopic (exact) mass is 195 g/mol. The Labute approximate surface area is 83.1 Å². The zero-order valence-corrected chi connectivity index (χ0v) is 8.38. The maximum Gasteiger partial charge on any atom is 0.165 e. The van der Waals surface area contributed by atoms with Gasteiger partial charge in [0.25, 0.3) is 0 Å². The summed E-state index contributed by atoms with van der Waals surface area (Å²) in [6.07, 6.45) is 0.0503. The summed E-state index contributed by atoms with van der Waals surface area (Å²) in [4.78, 5) is 0. The average molecular weight is 195 g/mol. The molecule has 0 aromatic heterocycles. The number of benzene rings is 1. The molecular formula is C11H14FNO. The highest BCUT2D eigenvalue weighted by Gasteiger charge is 2.32. The zero-order valence-electron chi connectivity index (χ0n) is 8.38. The van der Waals surface area contributed by atoms with E-state index in [4.69, 9.17) is 4.74 Å². The molecule has 14 heavy (non-hydrogen) atoms. The minimum absolute atomic E-state index is 0.0503. The lowest BCUT2D eigenvalue weighted by atomic mass is 9.96. The normalized spacial score (nSPS) is 24.5. The minimum atomic E-state index is -0.257. The van der Waals surface area contributed by atoms with Crippen molar-refractivity contribution in [2.24, 2.45) is 0 Å². The lowest BCUT2D eigenvalue weighted by molar-refractivity contribution is 0.217. The summed E-state index contributed by atoms with van der Waals surface area (Å²) >= 11 is 0. The number of fused-ring (bicyclic) bond motifs is 1. The molecule has 1 aromatic carbocycles. The van der Waals surface area contributed by atoms with Crippen molar-refractivity contribution in [2.45, 2.75) is 18.9 Å². The van der Waals surface area contributed by atoms with Crippen molar-refractivity contribution in [3.05, 3.63) is 29.6 Å². The predicted octanol–water partition coefficient (Wildman–Crippen LogP) is 1.91. The van der Waals surface area contributed by atoms with Gasteiger partial charge in [-0.3, -0.25) is 0 Å². The average Bonchev–Trinajstić information content (AvgIpc) is 2.47. The van der Waals surface area contributed by atoms with Crippen molar-refractivity contribution in [1.29, 1.82) is 0 Å². The van der Waals surface area contributed by atoms with Crippen LogP contribution in [0.25, 0.3) is 0 Å². The summed E-state index contributed by atoms with van der Waals surface area (Å²) in [5.74, 6) is 0.430. The zero-order chi connectivity index (χ0) is 10.1. The van der Waals surface area contributed by atoms with E-state index in [1.165, 1.54) is 6.07 Å². The van der Waals surface area contributed by atoms with E-state index in [0.717, 1.165) is 12.1 Å². The van der Waals surface area contributed by atoms with Crippen molar-refractivity contribution in [1.82, 2.24) is 5.32 Å². The van der Waals surface area contributed by atoms with E-state index in [1.807, 2.05) is 20.0 Å². The largest absolute Gasteiger partial charge is 0.487 e. The first-order chi connectivity index (χ1) is 6.74. The Hall–Kier alpha value is -1.09. The van der Waals surface area contributed by atoms with Gasteiger partial charge in [-0.25, -0.2) is 4.39 Å². The lowest BCUT2D eigenvalue weighted by Crippen LogP contribution is -2.24. The fourth-order valence-electron chi connectivity index (χ4n) is 1.96. The smallest absolute Gasteiger partial charge is 0.165 e. The van der Waals surface area contributed by atoms with Crippen LogP contribution < -0.4 is 10.1 Å². The van der Waals surface area contributed by atoms with Gasteiger partial charge in [-0.1, -0.05) is 12.1 Å². The van der Waals surface area contributed by atoms with Crippen LogP contribution in [0.15, 0.2) is 18.2 Å². The second-order valence-electron chi connectivity index (χ2n) is 3.65. The first kappa shape index (κ1) is 9.46. The molecule has 1 aliphatic rings. The third-order valence-electron chi connectivity index (χ3n) is 2.69.